The summed E-state index contributed by atoms with van der Waals surface area (Å²) in [5, 5.41) is 3.08. The Bertz CT molecular complexity index is 731. The van der Waals surface area contributed by atoms with Crippen LogP contribution >= 0.6 is 0 Å². The first-order valence-corrected chi connectivity index (χ1v) is 8.15. The summed E-state index contributed by atoms with van der Waals surface area (Å²) in [6.07, 6.45) is 3.66. The Morgan fingerprint density at radius 3 is 2.88 bits per heavy atom. The van der Waals surface area contributed by atoms with Gasteiger partial charge in [0.05, 0.1) is 25.5 Å². The molecular formula is C18H22N4O2. The summed E-state index contributed by atoms with van der Waals surface area (Å²) in [5.41, 5.74) is 8.93. The van der Waals surface area contributed by atoms with Crippen LogP contribution in [-0.2, 0) is 13.0 Å². The molecule has 6 nitrogen and oxygen atoms in total. The molecule has 2 aromatic rings. The molecule has 0 amide bonds. The zero-order chi connectivity index (χ0) is 16.8. The summed E-state index contributed by atoms with van der Waals surface area (Å²) < 4.78 is 11.3. The second-order valence-corrected chi connectivity index (χ2v) is 5.55. The third-order valence-corrected chi connectivity index (χ3v) is 3.72. The van der Waals surface area contributed by atoms with Gasteiger partial charge in [-0.15, -0.1) is 0 Å². The number of nitrogens with two attached hydrogens (primary N) is 1. The van der Waals surface area contributed by atoms with Gasteiger partial charge in [0, 0.05) is 24.4 Å². The lowest BCUT2D eigenvalue weighted by atomic mass is 10.2. The Morgan fingerprint density at radius 1 is 1.21 bits per heavy atom. The van der Waals surface area contributed by atoms with E-state index in [1.165, 1.54) is 5.56 Å². The summed E-state index contributed by atoms with van der Waals surface area (Å²) >= 11 is 0. The molecule has 0 fully saturated rings. The molecule has 1 aromatic carbocycles. The fourth-order valence-corrected chi connectivity index (χ4v) is 2.43. The lowest BCUT2D eigenvalue weighted by Gasteiger charge is -2.10. The minimum atomic E-state index is 0.341. The molecule has 0 saturated heterocycles. The number of aromatic nitrogens is 1. The molecule has 3 rings (SSSR count). The molecule has 0 bridgehead atoms. The highest BCUT2D eigenvalue weighted by atomic mass is 16.5. The molecule has 1 aromatic heterocycles. The number of benzene rings is 1. The molecule has 1 aliphatic heterocycles. The van der Waals surface area contributed by atoms with Crippen LogP contribution in [0.15, 0.2) is 41.5 Å². The quantitative estimate of drug-likeness (QED) is 0.667. The zero-order valence-electron chi connectivity index (χ0n) is 13.8. The highest BCUT2D eigenvalue weighted by molar-refractivity contribution is 5.92. The number of rotatable bonds is 4. The van der Waals surface area contributed by atoms with E-state index < -0.39 is 0 Å². The van der Waals surface area contributed by atoms with Gasteiger partial charge in [-0.2, -0.15) is 0 Å². The first-order chi connectivity index (χ1) is 11.7. The van der Waals surface area contributed by atoms with Crippen molar-refractivity contribution in [2.45, 2.75) is 26.3 Å². The Morgan fingerprint density at radius 2 is 2.04 bits per heavy atom. The number of hydrogen-bond donors (Lipinski definition) is 2. The van der Waals surface area contributed by atoms with Gasteiger partial charge in [0.15, 0.2) is 17.5 Å². The van der Waals surface area contributed by atoms with Gasteiger partial charge in [-0.05, 0) is 36.2 Å². The van der Waals surface area contributed by atoms with Crippen LogP contribution in [0.2, 0.25) is 0 Å². The van der Waals surface area contributed by atoms with E-state index in [0.29, 0.717) is 25.7 Å². The molecule has 0 spiro atoms. The van der Waals surface area contributed by atoms with Crippen molar-refractivity contribution in [2.24, 2.45) is 10.7 Å². The molecule has 126 valence electrons. The molecule has 6 heteroatoms. The van der Waals surface area contributed by atoms with Crippen LogP contribution in [0, 0.1) is 0 Å². The number of guanidine groups is 1. The van der Waals surface area contributed by atoms with E-state index in [9.17, 15) is 0 Å². The minimum Gasteiger partial charge on any atom is -0.490 e. The monoisotopic (exact) mass is 326 g/mol. The summed E-state index contributed by atoms with van der Waals surface area (Å²) in [6.45, 7) is 3.88. The average molecular weight is 326 g/mol. The second-order valence-electron chi connectivity index (χ2n) is 5.55. The number of nitrogens with zero attached hydrogens (tertiary/aromatic N) is 2. The lowest BCUT2D eigenvalue weighted by Crippen LogP contribution is -2.22. The van der Waals surface area contributed by atoms with Gasteiger partial charge < -0.3 is 20.5 Å². The second kappa shape index (κ2) is 7.68. The van der Waals surface area contributed by atoms with Gasteiger partial charge in [0.25, 0.3) is 0 Å². The standard InChI is InChI=1S/C18H22N4O2/c1-2-13-6-7-20-15(10-13)12-21-18(19)22-14-4-5-16-17(11-14)24-9-3-8-23-16/h4-7,10-11H,2-3,8-9,12H2,1H3,(H3,19,21,22). The number of hydrogen-bond acceptors (Lipinski definition) is 4. The number of aryl methyl sites for hydroxylation is 1. The number of fused-ring (bicyclic) bond motifs is 1. The maximum Gasteiger partial charge on any atom is 0.193 e. The number of anilines is 1. The van der Waals surface area contributed by atoms with Crippen LogP contribution in [0.5, 0.6) is 11.5 Å². The lowest BCUT2D eigenvalue weighted by molar-refractivity contribution is 0.297. The van der Waals surface area contributed by atoms with E-state index in [1.807, 2.05) is 30.3 Å². The van der Waals surface area contributed by atoms with Gasteiger partial charge in [0.2, 0.25) is 0 Å². The molecule has 0 radical (unpaired) electrons. The SMILES string of the molecule is CCc1ccnc(CN=C(N)Nc2ccc3c(c2)OCCCO3)c1. The van der Waals surface area contributed by atoms with E-state index in [2.05, 4.69) is 22.2 Å². The molecule has 3 N–H and O–H groups in total. The molecule has 0 saturated carbocycles. The summed E-state index contributed by atoms with van der Waals surface area (Å²) in [7, 11) is 0. The average Bonchev–Trinajstić information content (AvgIpc) is 2.85. The van der Waals surface area contributed by atoms with Crippen molar-refractivity contribution in [3.05, 3.63) is 47.8 Å². The van der Waals surface area contributed by atoms with E-state index in [-0.39, 0.29) is 0 Å². The first kappa shape index (κ1) is 16.1. The summed E-state index contributed by atoms with van der Waals surface area (Å²) in [5.74, 6) is 1.82. The largest absolute Gasteiger partial charge is 0.490 e. The molecule has 0 unspecified atom stereocenters. The van der Waals surface area contributed by atoms with Crippen LogP contribution in [0.3, 0.4) is 0 Å². The Kier molecular flexibility index (Phi) is 5.15. The van der Waals surface area contributed by atoms with E-state index in [1.54, 1.807) is 6.20 Å². The normalized spacial score (nSPS) is 14.1. The van der Waals surface area contributed by atoms with Gasteiger partial charge in [0.1, 0.15) is 0 Å². The van der Waals surface area contributed by atoms with Crippen LogP contribution < -0.4 is 20.5 Å². The maximum atomic E-state index is 5.97. The van der Waals surface area contributed by atoms with Crippen molar-refractivity contribution < 1.29 is 9.47 Å². The predicted molar refractivity (Wildman–Crippen MR) is 94.6 cm³/mol. The highest BCUT2D eigenvalue weighted by Crippen LogP contribution is 2.32. The van der Waals surface area contributed by atoms with Crippen molar-refractivity contribution in [1.82, 2.24) is 4.98 Å². The van der Waals surface area contributed by atoms with E-state index in [4.69, 9.17) is 15.2 Å². The number of nitrogens with one attached hydrogen (secondary N) is 1. The predicted octanol–water partition coefficient (Wildman–Crippen LogP) is 2.73. The van der Waals surface area contributed by atoms with Gasteiger partial charge in [-0.25, -0.2) is 4.99 Å². The molecule has 0 aliphatic carbocycles. The van der Waals surface area contributed by atoms with Crippen molar-refractivity contribution in [2.75, 3.05) is 18.5 Å². The van der Waals surface area contributed by atoms with Gasteiger partial charge in [-0.1, -0.05) is 6.92 Å². The molecule has 24 heavy (non-hydrogen) atoms. The topological polar surface area (TPSA) is 81.8 Å². The fourth-order valence-electron chi connectivity index (χ4n) is 2.43. The molecule has 1 aliphatic rings. The third-order valence-electron chi connectivity index (χ3n) is 3.72. The first-order valence-electron chi connectivity index (χ1n) is 8.15. The van der Waals surface area contributed by atoms with Crippen LogP contribution in [0.4, 0.5) is 5.69 Å². The van der Waals surface area contributed by atoms with Crippen LogP contribution in [0.1, 0.15) is 24.6 Å². The number of ether oxygens (including phenoxy) is 2. The zero-order valence-corrected chi connectivity index (χ0v) is 13.8. The van der Waals surface area contributed by atoms with Crippen LogP contribution in [0.25, 0.3) is 0 Å². The summed E-state index contributed by atoms with van der Waals surface area (Å²) in [6, 6.07) is 9.70. The van der Waals surface area contributed by atoms with Crippen molar-refractivity contribution in [3.63, 3.8) is 0 Å². The number of aliphatic imine (C=N–C) groups is 1. The van der Waals surface area contributed by atoms with Crippen molar-refractivity contribution in [1.29, 1.82) is 0 Å². The summed E-state index contributed by atoms with van der Waals surface area (Å²) in [4.78, 5) is 8.65. The fraction of sp³-hybridized carbons (Fsp3) is 0.333. The van der Waals surface area contributed by atoms with Crippen LogP contribution in [-0.4, -0.2) is 24.2 Å². The smallest absolute Gasteiger partial charge is 0.193 e. The van der Waals surface area contributed by atoms with E-state index in [0.717, 1.165) is 35.7 Å². The molecule has 2 heterocycles. The molecule has 0 atom stereocenters. The Hall–Kier alpha value is -2.76. The maximum absolute atomic E-state index is 5.97. The van der Waals surface area contributed by atoms with Crippen molar-refractivity contribution >= 4 is 11.6 Å². The number of pyridine rings is 1. The third kappa shape index (κ3) is 4.16. The highest BCUT2D eigenvalue weighted by Gasteiger charge is 2.10. The van der Waals surface area contributed by atoms with E-state index >= 15 is 0 Å². The Balaban J connectivity index is 1.65. The minimum absolute atomic E-state index is 0.341. The van der Waals surface area contributed by atoms with Gasteiger partial charge >= 0.3 is 0 Å². The van der Waals surface area contributed by atoms with Crippen molar-refractivity contribution in [3.8, 4) is 11.5 Å². The van der Waals surface area contributed by atoms with Gasteiger partial charge in [-0.3, -0.25) is 4.98 Å². The molecular weight excluding hydrogens is 304 g/mol. The Labute approximate surface area is 141 Å².